The molecule has 0 bridgehead atoms. The van der Waals surface area contributed by atoms with Crippen LogP contribution in [0.2, 0.25) is 0 Å². The van der Waals surface area contributed by atoms with Crippen molar-refractivity contribution in [2.24, 2.45) is 41.1 Å². The van der Waals surface area contributed by atoms with Gasteiger partial charge in [0.05, 0.1) is 19.1 Å². The molecule has 0 saturated carbocycles. The van der Waals surface area contributed by atoms with Crippen molar-refractivity contribution in [3.63, 3.8) is 0 Å². The number of carboxylic acids is 2. The fourth-order valence-electron chi connectivity index (χ4n) is 6.88. The first-order valence-corrected chi connectivity index (χ1v) is 23.4. The fourth-order valence-corrected chi connectivity index (χ4v) is 6.88. The molecular weight excluding hydrogens is 873 g/mol. The highest BCUT2D eigenvalue weighted by atomic mass is 16.4. The first-order chi connectivity index (χ1) is 31.2. The summed E-state index contributed by atoms with van der Waals surface area (Å²) in [6.07, 6.45) is 1.14. The van der Waals surface area contributed by atoms with Crippen molar-refractivity contribution in [2.45, 2.75) is 176 Å². The predicted octanol–water partition coefficient (Wildman–Crippen LogP) is -0.236. The summed E-state index contributed by atoms with van der Waals surface area (Å²) in [5.41, 5.74) is 11.7. The molecule has 8 amide bonds. The summed E-state index contributed by atoms with van der Waals surface area (Å²) in [6.45, 7) is 17.4. The van der Waals surface area contributed by atoms with Crippen LogP contribution in [0, 0.1) is 29.6 Å². The van der Waals surface area contributed by atoms with E-state index >= 15 is 0 Å². The molecule has 22 heteroatoms. The lowest BCUT2D eigenvalue weighted by Gasteiger charge is -2.26. The third-order valence-corrected chi connectivity index (χ3v) is 10.1. The van der Waals surface area contributed by atoms with Crippen LogP contribution in [-0.4, -0.2) is 131 Å². The van der Waals surface area contributed by atoms with Crippen LogP contribution < -0.4 is 54.0 Å². The van der Waals surface area contributed by atoms with Crippen LogP contribution in [0.1, 0.15) is 133 Å². The van der Waals surface area contributed by atoms with Gasteiger partial charge in [0.1, 0.15) is 36.3 Å². The Bertz CT molecular complexity index is 1640. The molecule has 14 N–H and O–H groups in total. The highest BCUT2D eigenvalue weighted by Gasteiger charge is 2.32. The zero-order chi connectivity index (χ0) is 51.6. The Morgan fingerprint density at radius 2 is 0.761 bits per heavy atom. The number of amides is 8. The third-order valence-electron chi connectivity index (χ3n) is 10.1. The van der Waals surface area contributed by atoms with E-state index in [4.69, 9.17) is 11.5 Å². The van der Waals surface area contributed by atoms with Crippen LogP contribution in [0.15, 0.2) is 0 Å². The summed E-state index contributed by atoms with van der Waals surface area (Å²) in [6, 6.07) is -8.01. The van der Waals surface area contributed by atoms with E-state index < -0.39 is 121 Å². The van der Waals surface area contributed by atoms with Crippen molar-refractivity contribution in [2.75, 3.05) is 19.6 Å². The van der Waals surface area contributed by atoms with Crippen molar-refractivity contribution in [1.82, 2.24) is 42.5 Å². The molecule has 67 heavy (non-hydrogen) atoms. The number of nitrogens with two attached hydrogens (primary N) is 2. The van der Waals surface area contributed by atoms with E-state index in [0.717, 1.165) is 0 Å². The van der Waals surface area contributed by atoms with E-state index in [9.17, 15) is 58.2 Å². The minimum absolute atomic E-state index is 0.00555. The van der Waals surface area contributed by atoms with Gasteiger partial charge >= 0.3 is 11.9 Å². The third kappa shape index (κ3) is 27.8. The molecule has 384 valence electrons. The number of unbranched alkanes of at least 4 members (excludes halogenated alkanes) is 1. The summed E-state index contributed by atoms with van der Waals surface area (Å²) in [7, 11) is 0. The lowest BCUT2D eigenvalue weighted by molar-refractivity contribution is -0.143. The topological polar surface area (TPSA) is 359 Å². The number of carbonyl (C=O) groups is 10. The van der Waals surface area contributed by atoms with Crippen molar-refractivity contribution in [1.29, 1.82) is 0 Å². The molecule has 7 atom stereocenters. The number of hydrogen-bond donors (Lipinski definition) is 12. The smallest absolute Gasteiger partial charge is 0.326 e. The number of hydrogen-bond acceptors (Lipinski definition) is 12. The molecule has 0 radical (unpaired) electrons. The van der Waals surface area contributed by atoms with Crippen molar-refractivity contribution in [3.8, 4) is 0 Å². The van der Waals surface area contributed by atoms with Crippen molar-refractivity contribution in [3.05, 3.63) is 0 Å². The molecule has 0 saturated heterocycles. The van der Waals surface area contributed by atoms with Gasteiger partial charge < -0.3 is 64.2 Å². The van der Waals surface area contributed by atoms with E-state index in [1.165, 1.54) is 0 Å². The van der Waals surface area contributed by atoms with Gasteiger partial charge in [-0.3, -0.25) is 43.2 Å². The number of rotatable bonds is 34. The predicted molar refractivity (Wildman–Crippen MR) is 250 cm³/mol. The Labute approximate surface area is 395 Å². The Hall–Kier alpha value is -5.38. The van der Waals surface area contributed by atoms with Crippen LogP contribution in [-0.2, 0) is 47.9 Å². The first-order valence-electron chi connectivity index (χ1n) is 23.4. The van der Waals surface area contributed by atoms with Gasteiger partial charge in [-0.1, -0.05) is 69.2 Å². The van der Waals surface area contributed by atoms with E-state index in [-0.39, 0.29) is 74.7 Å². The maximum Gasteiger partial charge on any atom is 0.326 e. The summed E-state index contributed by atoms with van der Waals surface area (Å²) >= 11 is 0. The number of carbonyl (C=O) groups excluding carboxylic acids is 8. The largest absolute Gasteiger partial charge is 0.481 e. The standard InChI is InChI=1S/C45H82N10O12/c1-24(2)17-29(47)39(60)53-34(20-27(7)8)44(65)54-32(18-25(3)4)41(62)49-23-37(57)51-33(19-26(5)6)43(64)52-30(13-11-12-16-46)40(61)48-22-36(56)50-31(14-15-38(58)59)42(63)55-35(45(66)67)21-28(9)10/h24-35H,11-23,46-47H2,1-10H3,(H,48,61)(H,49,62)(H,50,56)(H,51,57)(H,52,64)(H,53,60)(H,54,65)(H,55,63)(H,58,59)(H,66,67)/t29-,30-,31-,32-,33-,34-,35-/m0/s1. The lowest BCUT2D eigenvalue weighted by Crippen LogP contribution is -2.58. The van der Waals surface area contributed by atoms with Gasteiger partial charge in [-0.25, -0.2) is 4.79 Å². The Kier molecular flexibility index (Phi) is 29.7. The molecular formula is C45H82N10O12. The van der Waals surface area contributed by atoms with Gasteiger partial charge in [0.25, 0.3) is 0 Å². The summed E-state index contributed by atoms with van der Waals surface area (Å²) in [4.78, 5) is 129. The molecule has 0 aliphatic heterocycles. The molecule has 0 aliphatic carbocycles. The molecule has 0 aromatic heterocycles. The van der Waals surface area contributed by atoms with E-state index in [1.807, 2.05) is 41.5 Å². The number of nitrogens with one attached hydrogen (secondary N) is 8. The maximum atomic E-state index is 13.7. The van der Waals surface area contributed by atoms with Gasteiger partial charge in [-0.2, -0.15) is 0 Å². The second kappa shape index (κ2) is 32.3. The van der Waals surface area contributed by atoms with E-state index in [1.54, 1.807) is 27.7 Å². The van der Waals surface area contributed by atoms with Gasteiger partial charge in [0.15, 0.2) is 0 Å². The Morgan fingerprint density at radius 3 is 1.19 bits per heavy atom. The van der Waals surface area contributed by atoms with E-state index in [2.05, 4.69) is 42.5 Å². The zero-order valence-corrected chi connectivity index (χ0v) is 41.3. The molecule has 0 aromatic rings. The molecule has 0 aromatic carbocycles. The minimum Gasteiger partial charge on any atom is -0.481 e. The normalized spacial score (nSPS) is 14.5. The van der Waals surface area contributed by atoms with Crippen molar-refractivity contribution < 1.29 is 58.2 Å². The summed E-state index contributed by atoms with van der Waals surface area (Å²) < 4.78 is 0. The van der Waals surface area contributed by atoms with Crippen LogP contribution >= 0.6 is 0 Å². The van der Waals surface area contributed by atoms with Crippen molar-refractivity contribution >= 4 is 59.2 Å². The average molecular weight is 955 g/mol. The maximum absolute atomic E-state index is 13.7. The quantitative estimate of drug-likeness (QED) is 0.0371. The highest BCUT2D eigenvalue weighted by Crippen LogP contribution is 2.12. The van der Waals surface area contributed by atoms with E-state index in [0.29, 0.717) is 19.3 Å². The number of carboxylic acid groups (broad SMARTS) is 2. The van der Waals surface area contributed by atoms with Crippen LogP contribution in [0.4, 0.5) is 0 Å². The van der Waals surface area contributed by atoms with Gasteiger partial charge in [0, 0.05) is 6.42 Å². The molecule has 0 fully saturated rings. The summed E-state index contributed by atoms with van der Waals surface area (Å²) in [5, 5.41) is 39.1. The minimum atomic E-state index is -1.44. The zero-order valence-electron chi connectivity index (χ0n) is 41.3. The second-order valence-electron chi connectivity index (χ2n) is 19.2. The molecule has 22 nitrogen and oxygen atoms in total. The SMILES string of the molecule is CC(C)C[C@H](NC(=O)[C@H](CCC(=O)O)NC(=O)CNC(=O)[C@H](CCCCN)NC(=O)[C@H](CC(C)C)NC(=O)CNC(=O)[C@H](CC(C)C)NC(=O)[C@H](CC(C)C)NC(=O)[C@@H](N)CC(C)C)C(=O)O. The van der Waals surface area contributed by atoms with Crippen LogP contribution in [0.3, 0.4) is 0 Å². The second-order valence-corrected chi connectivity index (χ2v) is 19.2. The monoisotopic (exact) mass is 955 g/mol. The molecule has 0 rings (SSSR count). The Balaban J connectivity index is 5.97. The fraction of sp³-hybridized carbons (Fsp3) is 0.778. The molecule has 0 spiro atoms. The Morgan fingerprint density at radius 1 is 0.418 bits per heavy atom. The first kappa shape index (κ1) is 61.6. The average Bonchev–Trinajstić information content (AvgIpc) is 3.20. The lowest BCUT2D eigenvalue weighted by atomic mass is 9.99. The van der Waals surface area contributed by atoms with Gasteiger partial charge in [-0.15, -0.1) is 0 Å². The number of aliphatic carboxylic acids is 2. The van der Waals surface area contributed by atoms with Crippen LogP contribution in [0.5, 0.6) is 0 Å². The van der Waals surface area contributed by atoms with Crippen LogP contribution in [0.25, 0.3) is 0 Å². The molecule has 0 aliphatic rings. The highest BCUT2D eigenvalue weighted by molar-refractivity contribution is 5.96. The molecule has 0 unspecified atom stereocenters. The van der Waals surface area contributed by atoms with Gasteiger partial charge in [0.2, 0.25) is 47.3 Å². The summed E-state index contributed by atoms with van der Waals surface area (Å²) in [5.74, 6) is -8.55. The molecule has 0 heterocycles. The van der Waals surface area contributed by atoms with Gasteiger partial charge in [-0.05, 0) is 93.9 Å².